The van der Waals surface area contributed by atoms with Crippen molar-refractivity contribution < 1.29 is 13.9 Å². The van der Waals surface area contributed by atoms with Gasteiger partial charge in [0.1, 0.15) is 12.2 Å². The molecule has 0 atom stereocenters. The van der Waals surface area contributed by atoms with Crippen molar-refractivity contribution in [3.05, 3.63) is 47.2 Å². The van der Waals surface area contributed by atoms with Crippen LogP contribution in [0.15, 0.2) is 40.1 Å². The van der Waals surface area contributed by atoms with E-state index in [9.17, 15) is 4.79 Å². The number of aryl methyl sites for hydroxylation is 1. The summed E-state index contributed by atoms with van der Waals surface area (Å²) >= 11 is 1.53. The van der Waals surface area contributed by atoms with Gasteiger partial charge in [0.2, 0.25) is 11.8 Å². The molecule has 3 aromatic rings. The topological polar surface area (TPSA) is 77.2 Å². The van der Waals surface area contributed by atoms with Crippen LogP contribution in [0.3, 0.4) is 0 Å². The van der Waals surface area contributed by atoms with Crippen molar-refractivity contribution in [2.24, 2.45) is 0 Å². The summed E-state index contributed by atoms with van der Waals surface area (Å²) in [6, 6.07) is 9.13. The Morgan fingerprint density at radius 3 is 2.96 bits per heavy atom. The highest BCUT2D eigenvalue weighted by molar-refractivity contribution is 7.13. The van der Waals surface area contributed by atoms with Gasteiger partial charge in [0.05, 0.1) is 12.0 Å². The number of anilines is 1. The molecule has 1 aromatic carbocycles. The number of ether oxygens (including phenoxy) is 1. The van der Waals surface area contributed by atoms with Crippen LogP contribution in [0.25, 0.3) is 10.8 Å². The summed E-state index contributed by atoms with van der Waals surface area (Å²) in [5.74, 6) is 1.18. The lowest BCUT2D eigenvalue weighted by molar-refractivity contribution is -0.115. The number of aromatic nitrogens is 2. The van der Waals surface area contributed by atoms with E-state index < -0.39 is 0 Å². The van der Waals surface area contributed by atoms with Crippen LogP contribution >= 0.6 is 11.3 Å². The molecule has 7 heteroatoms. The highest BCUT2D eigenvalue weighted by Gasteiger charge is 2.15. The molecule has 23 heavy (non-hydrogen) atoms. The number of methoxy groups -OCH3 is 1. The Morgan fingerprint density at radius 1 is 1.35 bits per heavy atom. The summed E-state index contributed by atoms with van der Waals surface area (Å²) in [6.45, 7) is 1.98. The quantitative estimate of drug-likeness (QED) is 0.777. The largest absolute Gasteiger partial charge is 0.497 e. The first-order valence-electron chi connectivity index (χ1n) is 6.96. The second-order valence-corrected chi connectivity index (χ2v) is 5.81. The SMILES string of the molecule is COc1cccc(NC(=O)Cc2nnc(-c3sccc3C)o2)c1. The molecular weight excluding hydrogens is 314 g/mol. The van der Waals surface area contributed by atoms with Gasteiger partial charge in [-0.05, 0) is 36.1 Å². The van der Waals surface area contributed by atoms with Crippen LogP contribution in [0.5, 0.6) is 5.75 Å². The molecule has 0 spiro atoms. The van der Waals surface area contributed by atoms with Crippen molar-refractivity contribution >= 4 is 22.9 Å². The van der Waals surface area contributed by atoms with E-state index in [-0.39, 0.29) is 18.2 Å². The molecule has 118 valence electrons. The minimum absolute atomic E-state index is 0.0225. The predicted octanol–water partition coefficient (Wildman–Crippen LogP) is 3.30. The minimum Gasteiger partial charge on any atom is -0.497 e. The van der Waals surface area contributed by atoms with Gasteiger partial charge >= 0.3 is 0 Å². The van der Waals surface area contributed by atoms with Crippen molar-refractivity contribution in [3.63, 3.8) is 0 Å². The fourth-order valence-corrected chi connectivity index (χ4v) is 2.90. The van der Waals surface area contributed by atoms with E-state index in [1.54, 1.807) is 25.3 Å². The molecule has 0 saturated heterocycles. The molecule has 0 unspecified atom stereocenters. The third kappa shape index (κ3) is 3.57. The van der Waals surface area contributed by atoms with E-state index in [1.807, 2.05) is 24.4 Å². The molecule has 0 fully saturated rings. The standard InChI is InChI=1S/C16H15N3O3S/c1-10-6-7-23-15(10)16-19-18-14(22-16)9-13(20)17-11-4-3-5-12(8-11)21-2/h3-8H,9H2,1-2H3,(H,17,20). The van der Waals surface area contributed by atoms with Gasteiger partial charge in [-0.2, -0.15) is 0 Å². The summed E-state index contributed by atoms with van der Waals surface area (Å²) in [5.41, 5.74) is 1.73. The third-order valence-corrected chi connectivity index (χ3v) is 4.19. The zero-order chi connectivity index (χ0) is 16.2. The summed E-state index contributed by atoms with van der Waals surface area (Å²) in [7, 11) is 1.58. The summed E-state index contributed by atoms with van der Waals surface area (Å²) < 4.78 is 10.7. The number of carbonyl (C=O) groups excluding carboxylic acids is 1. The third-order valence-electron chi connectivity index (χ3n) is 3.19. The summed E-state index contributed by atoms with van der Waals surface area (Å²) in [6.07, 6.45) is 0.0225. The number of thiophene rings is 1. The number of amides is 1. The van der Waals surface area contributed by atoms with Gasteiger partial charge in [-0.25, -0.2) is 0 Å². The first-order valence-corrected chi connectivity index (χ1v) is 7.84. The highest BCUT2D eigenvalue weighted by Crippen LogP contribution is 2.27. The number of rotatable bonds is 5. The number of hydrogen-bond acceptors (Lipinski definition) is 6. The maximum absolute atomic E-state index is 12.1. The fourth-order valence-electron chi connectivity index (χ4n) is 2.05. The maximum atomic E-state index is 12.1. The average Bonchev–Trinajstić information content (AvgIpc) is 3.16. The van der Waals surface area contributed by atoms with Crippen LogP contribution < -0.4 is 10.1 Å². The van der Waals surface area contributed by atoms with Gasteiger partial charge in [-0.1, -0.05) is 6.07 Å². The lowest BCUT2D eigenvalue weighted by Gasteiger charge is -2.05. The van der Waals surface area contributed by atoms with E-state index in [2.05, 4.69) is 15.5 Å². The van der Waals surface area contributed by atoms with Crippen LogP contribution in [-0.2, 0) is 11.2 Å². The van der Waals surface area contributed by atoms with E-state index in [0.717, 1.165) is 10.4 Å². The molecule has 0 radical (unpaired) electrons. The van der Waals surface area contributed by atoms with Crippen LogP contribution in [-0.4, -0.2) is 23.2 Å². The number of carbonyl (C=O) groups is 1. The first kappa shape index (κ1) is 15.2. The molecular formula is C16H15N3O3S. The van der Waals surface area contributed by atoms with Crippen molar-refractivity contribution in [1.29, 1.82) is 0 Å². The lowest BCUT2D eigenvalue weighted by atomic mass is 10.3. The van der Waals surface area contributed by atoms with E-state index in [0.29, 0.717) is 17.3 Å². The van der Waals surface area contributed by atoms with Gasteiger partial charge < -0.3 is 14.5 Å². The van der Waals surface area contributed by atoms with Crippen molar-refractivity contribution in [2.75, 3.05) is 12.4 Å². The number of benzene rings is 1. The minimum atomic E-state index is -0.226. The van der Waals surface area contributed by atoms with E-state index in [4.69, 9.17) is 9.15 Å². The van der Waals surface area contributed by atoms with Gasteiger partial charge in [0.15, 0.2) is 0 Å². The molecule has 0 aliphatic heterocycles. The van der Waals surface area contributed by atoms with Crippen molar-refractivity contribution in [2.45, 2.75) is 13.3 Å². The zero-order valence-electron chi connectivity index (χ0n) is 12.7. The Balaban J connectivity index is 1.66. The number of nitrogens with one attached hydrogen (secondary N) is 1. The van der Waals surface area contributed by atoms with Gasteiger partial charge in [-0.15, -0.1) is 21.5 Å². The second-order valence-electron chi connectivity index (χ2n) is 4.89. The Labute approximate surface area is 137 Å². The van der Waals surface area contributed by atoms with E-state index >= 15 is 0 Å². The average molecular weight is 329 g/mol. The van der Waals surface area contributed by atoms with Crippen LogP contribution in [0.1, 0.15) is 11.5 Å². The molecule has 2 aromatic heterocycles. The van der Waals surface area contributed by atoms with Gasteiger partial charge in [0.25, 0.3) is 5.89 Å². The Hall–Kier alpha value is -2.67. The summed E-state index contributed by atoms with van der Waals surface area (Å²) in [5, 5.41) is 12.7. The van der Waals surface area contributed by atoms with E-state index in [1.165, 1.54) is 11.3 Å². The lowest BCUT2D eigenvalue weighted by Crippen LogP contribution is -2.14. The number of hydrogen-bond donors (Lipinski definition) is 1. The molecule has 3 rings (SSSR count). The smallest absolute Gasteiger partial charge is 0.258 e. The van der Waals surface area contributed by atoms with Crippen LogP contribution in [0.4, 0.5) is 5.69 Å². The first-order chi connectivity index (χ1) is 11.2. The number of nitrogens with zero attached hydrogens (tertiary/aromatic N) is 2. The van der Waals surface area contributed by atoms with Crippen molar-refractivity contribution in [1.82, 2.24) is 10.2 Å². The molecule has 1 amide bonds. The molecule has 0 aliphatic rings. The molecule has 0 aliphatic carbocycles. The highest BCUT2D eigenvalue weighted by atomic mass is 32.1. The normalized spacial score (nSPS) is 10.5. The summed E-state index contributed by atoms with van der Waals surface area (Å²) in [4.78, 5) is 13.0. The predicted molar refractivity (Wildman–Crippen MR) is 87.7 cm³/mol. The molecule has 0 bridgehead atoms. The molecule has 2 heterocycles. The molecule has 0 saturated carbocycles. The Kier molecular flexibility index (Phi) is 4.38. The van der Waals surface area contributed by atoms with Crippen LogP contribution in [0, 0.1) is 6.92 Å². The zero-order valence-corrected chi connectivity index (χ0v) is 13.5. The molecule has 1 N–H and O–H groups in total. The van der Waals surface area contributed by atoms with Crippen molar-refractivity contribution in [3.8, 4) is 16.5 Å². The second kappa shape index (κ2) is 6.62. The Bertz CT molecular complexity index is 825. The maximum Gasteiger partial charge on any atom is 0.258 e. The monoisotopic (exact) mass is 329 g/mol. The Morgan fingerprint density at radius 2 is 2.22 bits per heavy atom. The van der Waals surface area contributed by atoms with Crippen LogP contribution in [0.2, 0.25) is 0 Å². The fraction of sp³-hybridized carbons (Fsp3) is 0.188. The van der Waals surface area contributed by atoms with Gasteiger partial charge in [0, 0.05) is 11.8 Å². The molecule has 6 nitrogen and oxygen atoms in total. The van der Waals surface area contributed by atoms with Gasteiger partial charge in [-0.3, -0.25) is 4.79 Å².